The lowest BCUT2D eigenvalue weighted by molar-refractivity contribution is -0.144. The molecule has 0 radical (unpaired) electrons. The molecule has 0 spiro atoms. The van der Waals surface area contributed by atoms with Crippen LogP contribution in [0.4, 0.5) is 5.69 Å². The summed E-state index contributed by atoms with van der Waals surface area (Å²) >= 11 is 0. The van der Waals surface area contributed by atoms with Crippen LogP contribution in [-0.4, -0.2) is 53.6 Å². The summed E-state index contributed by atoms with van der Waals surface area (Å²) in [5.41, 5.74) is -0.152. The molecular formula is C28H46N2O5. The van der Waals surface area contributed by atoms with Gasteiger partial charge in [0.25, 0.3) is 0 Å². The van der Waals surface area contributed by atoms with Gasteiger partial charge in [0.05, 0.1) is 0 Å². The van der Waals surface area contributed by atoms with Crippen molar-refractivity contribution < 1.29 is 24.2 Å². The molecule has 0 saturated carbocycles. The lowest BCUT2D eigenvalue weighted by Gasteiger charge is -2.34. The van der Waals surface area contributed by atoms with E-state index < -0.39 is 11.6 Å². The number of amides is 2. The van der Waals surface area contributed by atoms with Crippen LogP contribution in [0.5, 0.6) is 0 Å². The Bertz CT molecular complexity index is 792. The first-order valence-electron chi connectivity index (χ1n) is 12.9. The number of hydrogen-bond acceptors (Lipinski definition) is 5. The largest absolute Gasteiger partial charge is 0.396 e. The van der Waals surface area contributed by atoms with Crippen LogP contribution in [-0.2, 0) is 19.1 Å². The number of benzene rings is 1. The van der Waals surface area contributed by atoms with E-state index >= 15 is 0 Å². The van der Waals surface area contributed by atoms with Crippen LogP contribution in [0.3, 0.4) is 0 Å². The second kappa shape index (κ2) is 15.0. The molecule has 1 aromatic rings. The predicted octanol–water partition coefficient (Wildman–Crippen LogP) is 4.51. The lowest BCUT2D eigenvalue weighted by Crippen LogP contribution is -2.52. The molecule has 2 N–H and O–H groups in total. The van der Waals surface area contributed by atoms with Gasteiger partial charge in [-0.3, -0.25) is 14.4 Å². The molecule has 7 nitrogen and oxygen atoms in total. The number of aliphatic hydroxyl groups is 1. The smallest absolute Gasteiger partial charge is 0.249 e. The number of nitrogens with zero attached hydrogens (tertiary/aromatic N) is 1. The molecule has 198 valence electrons. The number of Topliss-reactive ketones (excluding diaryl/α,β-unsaturated/α-hetero) is 1. The summed E-state index contributed by atoms with van der Waals surface area (Å²) in [5.74, 6) is -0.241. The molecule has 35 heavy (non-hydrogen) atoms. The van der Waals surface area contributed by atoms with Crippen molar-refractivity contribution in [2.24, 2.45) is 11.8 Å². The number of para-hydroxylation sites is 1. The van der Waals surface area contributed by atoms with Crippen LogP contribution >= 0.6 is 0 Å². The Morgan fingerprint density at radius 2 is 1.63 bits per heavy atom. The second-order valence-electron chi connectivity index (χ2n) is 10.5. The normalized spacial score (nSPS) is 13.5. The van der Waals surface area contributed by atoms with Gasteiger partial charge in [-0.1, -0.05) is 45.9 Å². The van der Waals surface area contributed by atoms with E-state index in [1.54, 1.807) is 18.7 Å². The van der Waals surface area contributed by atoms with Gasteiger partial charge in [0.1, 0.15) is 11.6 Å². The van der Waals surface area contributed by atoms with E-state index in [1.807, 2.05) is 65.0 Å². The summed E-state index contributed by atoms with van der Waals surface area (Å²) in [6.45, 7) is 13.5. The molecule has 1 aromatic carbocycles. The maximum Gasteiger partial charge on any atom is 0.249 e. The van der Waals surface area contributed by atoms with Crippen molar-refractivity contribution in [3.63, 3.8) is 0 Å². The molecule has 7 heteroatoms. The molecule has 2 amide bonds. The lowest BCUT2D eigenvalue weighted by atomic mass is 9.94. The van der Waals surface area contributed by atoms with Crippen molar-refractivity contribution in [3.8, 4) is 0 Å². The fraction of sp³-hybridized carbons (Fsp3) is 0.679. The fourth-order valence-electron chi connectivity index (χ4n) is 4.08. The number of anilines is 1. The number of ketones is 1. The summed E-state index contributed by atoms with van der Waals surface area (Å²) in [6, 6.07) is 8.49. The molecule has 0 aliphatic rings. The molecule has 0 aliphatic heterocycles. The number of hydrogen-bond donors (Lipinski definition) is 2. The molecule has 2 unspecified atom stereocenters. The molecule has 0 fully saturated rings. The first kappa shape index (κ1) is 30.8. The van der Waals surface area contributed by atoms with E-state index in [0.29, 0.717) is 38.7 Å². The van der Waals surface area contributed by atoms with E-state index in [2.05, 4.69) is 5.32 Å². The first-order valence-corrected chi connectivity index (χ1v) is 12.9. The van der Waals surface area contributed by atoms with E-state index in [9.17, 15) is 19.5 Å². The van der Waals surface area contributed by atoms with Crippen molar-refractivity contribution in [2.45, 2.75) is 98.3 Å². The number of carbonyl (C=O) groups excluding carboxylic acids is 3. The number of unbranched alkanes of at least 4 members (excludes halogenated alkanes) is 1. The van der Waals surface area contributed by atoms with Crippen LogP contribution in [0, 0.1) is 11.8 Å². The average Bonchev–Trinajstić information content (AvgIpc) is 2.78. The summed E-state index contributed by atoms with van der Waals surface area (Å²) in [7, 11) is 0. The Morgan fingerprint density at radius 1 is 1.00 bits per heavy atom. The minimum absolute atomic E-state index is 0.0398. The highest BCUT2D eigenvalue weighted by molar-refractivity contribution is 5.99. The summed E-state index contributed by atoms with van der Waals surface area (Å²) in [5, 5.41) is 12.1. The monoisotopic (exact) mass is 490 g/mol. The third-order valence-corrected chi connectivity index (χ3v) is 5.96. The van der Waals surface area contributed by atoms with Crippen LogP contribution in [0.15, 0.2) is 30.3 Å². The highest BCUT2D eigenvalue weighted by Gasteiger charge is 2.32. The zero-order chi connectivity index (χ0) is 26.6. The zero-order valence-corrected chi connectivity index (χ0v) is 22.7. The number of ether oxygens (including phenoxy) is 1. The number of aliphatic hydroxyl groups excluding tert-OH is 1. The van der Waals surface area contributed by atoms with Crippen LogP contribution < -0.4 is 10.2 Å². The van der Waals surface area contributed by atoms with E-state index in [1.165, 1.54) is 0 Å². The molecule has 1 rings (SSSR count). The molecule has 0 aromatic heterocycles. The predicted molar refractivity (Wildman–Crippen MR) is 140 cm³/mol. The summed E-state index contributed by atoms with van der Waals surface area (Å²) in [4.78, 5) is 40.5. The Morgan fingerprint density at radius 3 is 2.17 bits per heavy atom. The van der Waals surface area contributed by atoms with Gasteiger partial charge in [-0.2, -0.15) is 0 Å². The molecule has 2 atom stereocenters. The topological polar surface area (TPSA) is 95.9 Å². The van der Waals surface area contributed by atoms with Crippen molar-refractivity contribution in [1.29, 1.82) is 0 Å². The SMILES string of the molecule is CC(C)CC(=O)NC(CCCCO)C(=O)N(c1ccccc1)C(C)CCOC(C)(C)C(=O)C(C)C. The third kappa shape index (κ3) is 10.5. The Kier molecular flexibility index (Phi) is 13.2. The number of nitrogens with one attached hydrogen (secondary N) is 1. The fourth-order valence-corrected chi connectivity index (χ4v) is 4.08. The minimum atomic E-state index is -0.896. The average molecular weight is 491 g/mol. The summed E-state index contributed by atoms with van der Waals surface area (Å²) < 4.78 is 5.95. The Balaban J connectivity index is 3.08. The van der Waals surface area contributed by atoms with Crippen molar-refractivity contribution in [2.75, 3.05) is 18.1 Å². The molecule has 0 heterocycles. The van der Waals surface area contributed by atoms with Crippen molar-refractivity contribution in [3.05, 3.63) is 30.3 Å². The van der Waals surface area contributed by atoms with Gasteiger partial charge in [0, 0.05) is 37.3 Å². The standard InChI is InChI=1S/C28H46N2O5/c1-20(2)19-25(32)29-24(15-11-12-17-31)27(34)30(23-13-9-8-10-14-23)22(5)16-18-35-28(6,7)26(33)21(3)4/h8-10,13-14,20-22,24,31H,11-12,15-19H2,1-7H3,(H,29,32). The molecule has 0 saturated heterocycles. The highest BCUT2D eigenvalue weighted by atomic mass is 16.5. The van der Waals surface area contributed by atoms with Crippen LogP contribution in [0.1, 0.15) is 80.6 Å². The van der Waals surface area contributed by atoms with Gasteiger partial charge in [0.2, 0.25) is 11.8 Å². The van der Waals surface area contributed by atoms with Gasteiger partial charge in [-0.25, -0.2) is 0 Å². The van der Waals surface area contributed by atoms with Crippen molar-refractivity contribution in [1.82, 2.24) is 5.32 Å². The number of carbonyl (C=O) groups is 3. The maximum absolute atomic E-state index is 13.8. The van der Waals surface area contributed by atoms with E-state index in [4.69, 9.17) is 4.74 Å². The Hall–Kier alpha value is -2.25. The minimum Gasteiger partial charge on any atom is -0.396 e. The quantitative estimate of drug-likeness (QED) is 0.332. The maximum atomic E-state index is 13.8. The van der Waals surface area contributed by atoms with Crippen molar-refractivity contribution >= 4 is 23.3 Å². The molecule has 0 aliphatic carbocycles. The van der Waals surface area contributed by atoms with E-state index in [0.717, 1.165) is 5.69 Å². The van der Waals surface area contributed by atoms with Gasteiger partial charge in [-0.05, 0) is 64.5 Å². The third-order valence-electron chi connectivity index (χ3n) is 5.96. The van der Waals surface area contributed by atoms with Gasteiger partial charge in [0.15, 0.2) is 5.78 Å². The van der Waals surface area contributed by atoms with Crippen LogP contribution in [0.25, 0.3) is 0 Å². The second-order valence-corrected chi connectivity index (χ2v) is 10.5. The molecular weight excluding hydrogens is 444 g/mol. The first-order chi connectivity index (χ1) is 16.4. The summed E-state index contributed by atoms with van der Waals surface area (Å²) in [6.07, 6.45) is 2.51. The van der Waals surface area contributed by atoms with Gasteiger partial charge in [-0.15, -0.1) is 0 Å². The molecule has 0 bridgehead atoms. The Labute approximate surface area is 211 Å². The number of rotatable bonds is 16. The van der Waals surface area contributed by atoms with Crippen LogP contribution in [0.2, 0.25) is 0 Å². The van der Waals surface area contributed by atoms with Gasteiger partial charge < -0.3 is 20.1 Å². The van der Waals surface area contributed by atoms with Gasteiger partial charge >= 0.3 is 0 Å². The highest BCUT2D eigenvalue weighted by Crippen LogP contribution is 2.23. The van der Waals surface area contributed by atoms with E-state index in [-0.39, 0.29) is 42.1 Å². The zero-order valence-electron chi connectivity index (χ0n) is 22.7.